The molecular weight excluding hydrogens is 311 g/mol. The van der Waals surface area contributed by atoms with Crippen molar-refractivity contribution in [2.75, 3.05) is 0 Å². The standard InChI is InChI=1S/C13H9ClF3NOS/c1-8-2-4-10(5-3-8)20(19)12-11(14)6-9(7-18-12)13(15,16)17/h2-7H,1H3. The molecule has 0 radical (unpaired) electrons. The van der Waals surface area contributed by atoms with E-state index in [1.807, 2.05) is 6.92 Å². The largest absolute Gasteiger partial charge is 0.417 e. The minimum atomic E-state index is -4.53. The number of nitrogens with zero attached hydrogens (tertiary/aromatic N) is 1. The lowest BCUT2D eigenvalue weighted by Gasteiger charge is -2.09. The fourth-order valence-corrected chi connectivity index (χ4v) is 2.86. The zero-order chi connectivity index (χ0) is 14.9. The van der Waals surface area contributed by atoms with E-state index in [1.54, 1.807) is 24.3 Å². The summed E-state index contributed by atoms with van der Waals surface area (Å²) < 4.78 is 49.7. The highest BCUT2D eigenvalue weighted by Crippen LogP contribution is 2.32. The van der Waals surface area contributed by atoms with Gasteiger partial charge in [-0.2, -0.15) is 13.2 Å². The lowest BCUT2D eigenvalue weighted by atomic mass is 10.2. The molecule has 0 saturated carbocycles. The van der Waals surface area contributed by atoms with Crippen LogP contribution in [0.3, 0.4) is 0 Å². The number of pyridine rings is 1. The SMILES string of the molecule is Cc1ccc(S(=O)c2ncc(C(F)(F)F)cc2Cl)cc1. The number of rotatable bonds is 2. The number of halogens is 4. The van der Waals surface area contributed by atoms with Crippen molar-refractivity contribution in [1.29, 1.82) is 0 Å². The molecule has 1 unspecified atom stereocenters. The normalized spacial score (nSPS) is 13.2. The predicted octanol–water partition coefficient (Wildman–Crippen LogP) is 4.23. The second-order valence-corrected chi connectivity index (χ2v) is 5.89. The number of aromatic nitrogens is 1. The van der Waals surface area contributed by atoms with Gasteiger partial charge in [0.2, 0.25) is 0 Å². The summed E-state index contributed by atoms with van der Waals surface area (Å²) in [6, 6.07) is 7.49. The van der Waals surface area contributed by atoms with E-state index in [2.05, 4.69) is 4.98 Å². The zero-order valence-electron chi connectivity index (χ0n) is 10.2. The molecule has 1 aromatic carbocycles. The van der Waals surface area contributed by atoms with Gasteiger partial charge in [-0.1, -0.05) is 29.3 Å². The van der Waals surface area contributed by atoms with Crippen LogP contribution in [-0.4, -0.2) is 9.19 Å². The van der Waals surface area contributed by atoms with E-state index in [0.29, 0.717) is 11.1 Å². The van der Waals surface area contributed by atoms with Gasteiger partial charge in [0.15, 0.2) is 5.03 Å². The van der Waals surface area contributed by atoms with Gasteiger partial charge in [0.05, 0.1) is 10.6 Å². The Balaban J connectivity index is 2.38. The molecule has 0 aliphatic carbocycles. The monoisotopic (exact) mass is 319 g/mol. The van der Waals surface area contributed by atoms with E-state index in [1.165, 1.54) is 0 Å². The van der Waals surface area contributed by atoms with Crippen molar-refractivity contribution in [3.63, 3.8) is 0 Å². The highest BCUT2D eigenvalue weighted by Gasteiger charge is 2.32. The Hall–Kier alpha value is -1.40. The maximum Gasteiger partial charge on any atom is 0.417 e. The molecule has 0 bridgehead atoms. The Morgan fingerprint density at radius 2 is 1.80 bits per heavy atom. The molecule has 0 saturated heterocycles. The Morgan fingerprint density at radius 1 is 1.20 bits per heavy atom. The molecule has 0 N–H and O–H groups in total. The summed E-state index contributed by atoms with van der Waals surface area (Å²) in [4.78, 5) is 4.03. The van der Waals surface area contributed by atoms with E-state index in [-0.39, 0.29) is 10.0 Å². The molecule has 1 heterocycles. The van der Waals surface area contributed by atoms with Crippen molar-refractivity contribution in [2.24, 2.45) is 0 Å². The summed E-state index contributed by atoms with van der Waals surface area (Å²) in [5.41, 5.74) is 0.0179. The van der Waals surface area contributed by atoms with Gasteiger partial charge >= 0.3 is 6.18 Å². The van der Waals surface area contributed by atoms with Gasteiger partial charge in [0.25, 0.3) is 0 Å². The smallest absolute Gasteiger partial charge is 0.247 e. The van der Waals surface area contributed by atoms with Crippen molar-refractivity contribution < 1.29 is 17.4 Å². The molecule has 7 heteroatoms. The molecule has 0 aliphatic heterocycles. The van der Waals surface area contributed by atoms with Gasteiger partial charge in [-0.3, -0.25) is 0 Å². The van der Waals surface area contributed by atoms with Crippen LogP contribution in [0.4, 0.5) is 13.2 Å². The van der Waals surface area contributed by atoms with Crippen LogP contribution in [0.1, 0.15) is 11.1 Å². The quantitative estimate of drug-likeness (QED) is 0.829. The van der Waals surface area contributed by atoms with Crippen LogP contribution >= 0.6 is 11.6 Å². The van der Waals surface area contributed by atoms with Crippen LogP contribution in [0.5, 0.6) is 0 Å². The summed E-state index contributed by atoms with van der Waals surface area (Å²) in [6.45, 7) is 1.87. The second kappa shape index (κ2) is 5.54. The second-order valence-electron chi connectivity index (χ2n) is 4.09. The average molecular weight is 320 g/mol. The fraction of sp³-hybridized carbons (Fsp3) is 0.154. The summed E-state index contributed by atoms with van der Waals surface area (Å²) in [7, 11) is -1.71. The van der Waals surface area contributed by atoms with Crippen molar-refractivity contribution in [3.8, 4) is 0 Å². The van der Waals surface area contributed by atoms with Crippen LogP contribution < -0.4 is 0 Å². The Bertz CT molecular complexity index is 656. The van der Waals surface area contributed by atoms with Crippen LogP contribution in [0, 0.1) is 6.92 Å². The summed E-state index contributed by atoms with van der Waals surface area (Å²) in [5.74, 6) is 0. The first-order valence-electron chi connectivity index (χ1n) is 5.50. The van der Waals surface area contributed by atoms with Crippen LogP contribution in [0.15, 0.2) is 46.5 Å². The molecule has 0 amide bonds. The van der Waals surface area contributed by atoms with Gasteiger partial charge in [-0.05, 0) is 25.1 Å². The van der Waals surface area contributed by atoms with E-state index in [4.69, 9.17) is 11.6 Å². The Morgan fingerprint density at radius 3 is 2.30 bits per heavy atom. The lowest BCUT2D eigenvalue weighted by Crippen LogP contribution is -2.07. The van der Waals surface area contributed by atoms with Gasteiger partial charge in [-0.15, -0.1) is 0 Å². The highest BCUT2D eigenvalue weighted by atomic mass is 35.5. The first kappa shape index (κ1) is 15.0. The third kappa shape index (κ3) is 3.19. The topological polar surface area (TPSA) is 30.0 Å². The molecule has 0 fully saturated rings. The minimum Gasteiger partial charge on any atom is -0.247 e. The Kier molecular flexibility index (Phi) is 4.15. The van der Waals surface area contributed by atoms with Gasteiger partial charge in [-0.25, -0.2) is 9.19 Å². The van der Waals surface area contributed by atoms with Crippen LogP contribution in [-0.2, 0) is 17.0 Å². The molecule has 2 aromatic rings. The van der Waals surface area contributed by atoms with E-state index >= 15 is 0 Å². The molecule has 2 nitrogen and oxygen atoms in total. The number of hydrogen-bond acceptors (Lipinski definition) is 2. The first-order valence-corrected chi connectivity index (χ1v) is 7.03. The maximum atomic E-state index is 12.5. The third-order valence-electron chi connectivity index (χ3n) is 2.55. The molecule has 1 atom stereocenters. The van der Waals surface area contributed by atoms with Gasteiger partial charge in [0, 0.05) is 11.1 Å². The van der Waals surface area contributed by atoms with Gasteiger partial charge < -0.3 is 0 Å². The van der Waals surface area contributed by atoms with Crippen molar-refractivity contribution in [1.82, 2.24) is 4.98 Å². The molecule has 106 valence electrons. The number of aryl methyl sites for hydroxylation is 1. The molecular formula is C13H9ClF3NOS. The van der Waals surface area contributed by atoms with Crippen LogP contribution in [0.2, 0.25) is 5.02 Å². The highest BCUT2D eigenvalue weighted by molar-refractivity contribution is 7.85. The van der Waals surface area contributed by atoms with Gasteiger partial charge in [0.1, 0.15) is 10.8 Å². The third-order valence-corrected chi connectivity index (χ3v) is 4.32. The van der Waals surface area contributed by atoms with E-state index < -0.39 is 22.5 Å². The van der Waals surface area contributed by atoms with E-state index in [0.717, 1.165) is 11.6 Å². The number of alkyl halides is 3. The first-order chi connectivity index (χ1) is 9.29. The summed E-state index contributed by atoms with van der Waals surface area (Å²) in [6.07, 6.45) is -3.90. The molecule has 0 spiro atoms. The zero-order valence-corrected chi connectivity index (χ0v) is 11.8. The molecule has 2 rings (SSSR count). The molecule has 1 aromatic heterocycles. The number of hydrogen-bond donors (Lipinski definition) is 0. The Labute approximate surface area is 121 Å². The number of benzene rings is 1. The summed E-state index contributed by atoms with van der Waals surface area (Å²) in [5, 5.41) is -0.345. The molecule has 20 heavy (non-hydrogen) atoms. The van der Waals surface area contributed by atoms with Crippen LogP contribution in [0.25, 0.3) is 0 Å². The molecule has 0 aliphatic rings. The summed E-state index contributed by atoms with van der Waals surface area (Å²) >= 11 is 5.76. The minimum absolute atomic E-state index is 0.0801. The lowest BCUT2D eigenvalue weighted by molar-refractivity contribution is -0.137. The fourth-order valence-electron chi connectivity index (χ4n) is 1.49. The van der Waals surface area contributed by atoms with Crippen molar-refractivity contribution in [3.05, 3.63) is 52.7 Å². The van der Waals surface area contributed by atoms with Crippen molar-refractivity contribution >= 4 is 22.4 Å². The maximum absolute atomic E-state index is 12.5. The average Bonchev–Trinajstić information content (AvgIpc) is 2.37. The van der Waals surface area contributed by atoms with E-state index in [9.17, 15) is 17.4 Å². The predicted molar refractivity (Wildman–Crippen MR) is 70.1 cm³/mol. The van der Waals surface area contributed by atoms with Crippen molar-refractivity contribution in [2.45, 2.75) is 23.0 Å².